The summed E-state index contributed by atoms with van der Waals surface area (Å²) in [4.78, 5) is 36.2. The number of carbonyl (C=O) groups excluding carboxylic acids is 3. The quantitative estimate of drug-likeness (QED) is 0.557. The molecule has 0 spiro atoms. The molecule has 142 valence electrons. The number of hydrogen-bond acceptors (Lipinski definition) is 6. The molecule has 0 radical (unpaired) electrons. The van der Waals surface area contributed by atoms with Crippen molar-refractivity contribution in [2.45, 2.75) is 43.7 Å². The summed E-state index contributed by atoms with van der Waals surface area (Å²) < 4.78 is 10.6. The number of hydrogen-bond donors (Lipinski definition) is 2. The largest absolute Gasteiger partial charge is 0.452 e. The van der Waals surface area contributed by atoms with Gasteiger partial charge in [0.1, 0.15) is 0 Å². The van der Waals surface area contributed by atoms with Crippen LogP contribution in [0.15, 0.2) is 29.2 Å². The lowest BCUT2D eigenvalue weighted by atomic mass is 10.2. The molecule has 0 aliphatic carbocycles. The van der Waals surface area contributed by atoms with Gasteiger partial charge >= 0.3 is 12.0 Å². The smallest absolute Gasteiger partial charge is 0.339 e. The Morgan fingerprint density at radius 1 is 1.31 bits per heavy atom. The van der Waals surface area contributed by atoms with Crippen molar-refractivity contribution >= 4 is 29.7 Å². The molecule has 26 heavy (non-hydrogen) atoms. The Labute approximate surface area is 157 Å². The van der Waals surface area contributed by atoms with Crippen LogP contribution in [-0.4, -0.2) is 49.0 Å². The molecule has 0 unspecified atom stereocenters. The van der Waals surface area contributed by atoms with E-state index >= 15 is 0 Å². The lowest BCUT2D eigenvalue weighted by molar-refractivity contribution is -0.123. The summed E-state index contributed by atoms with van der Waals surface area (Å²) in [5, 5.41) is 4.63. The molecule has 8 heteroatoms. The summed E-state index contributed by atoms with van der Waals surface area (Å²) in [5.41, 5.74) is 0.398. The van der Waals surface area contributed by atoms with Crippen LogP contribution in [0, 0.1) is 0 Å². The van der Waals surface area contributed by atoms with E-state index in [2.05, 4.69) is 10.6 Å². The molecule has 1 heterocycles. The minimum absolute atomic E-state index is 0.0990. The van der Waals surface area contributed by atoms with Crippen molar-refractivity contribution in [2.24, 2.45) is 0 Å². The second kappa shape index (κ2) is 10.2. The number of imide groups is 1. The van der Waals surface area contributed by atoms with E-state index in [4.69, 9.17) is 9.47 Å². The predicted octanol–water partition coefficient (Wildman–Crippen LogP) is 2.35. The topological polar surface area (TPSA) is 93.7 Å². The molecule has 1 aromatic carbocycles. The number of ether oxygens (including phenoxy) is 2. The van der Waals surface area contributed by atoms with Gasteiger partial charge in [0, 0.05) is 23.3 Å². The molecule has 2 rings (SSSR count). The number of rotatable bonds is 7. The normalized spacial score (nSPS) is 16.3. The highest BCUT2D eigenvalue weighted by Crippen LogP contribution is 2.27. The highest BCUT2D eigenvalue weighted by Gasteiger charge is 2.19. The molecular formula is C18H24N2O5S. The molecule has 7 nitrogen and oxygen atoms in total. The lowest BCUT2D eigenvalue weighted by Crippen LogP contribution is -2.44. The minimum atomic E-state index is -0.680. The summed E-state index contributed by atoms with van der Waals surface area (Å²) >= 11 is 1.53. The summed E-state index contributed by atoms with van der Waals surface area (Å²) in [7, 11) is 0. The van der Waals surface area contributed by atoms with Gasteiger partial charge < -0.3 is 14.8 Å². The van der Waals surface area contributed by atoms with Crippen LogP contribution in [0.25, 0.3) is 0 Å². The zero-order chi connectivity index (χ0) is 18.9. The van der Waals surface area contributed by atoms with Gasteiger partial charge in [-0.15, -0.1) is 11.8 Å². The van der Waals surface area contributed by atoms with Gasteiger partial charge in [0.15, 0.2) is 6.61 Å². The number of thioether (sulfide) groups is 1. The third kappa shape index (κ3) is 6.68. The molecule has 2 N–H and O–H groups in total. The first-order chi connectivity index (χ1) is 12.5. The zero-order valence-corrected chi connectivity index (χ0v) is 15.8. The maximum Gasteiger partial charge on any atom is 0.339 e. The van der Waals surface area contributed by atoms with Crippen molar-refractivity contribution in [1.82, 2.24) is 10.6 Å². The summed E-state index contributed by atoms with van der Waals surface area (Å²) in [6, 6.07) is 6.36. The highest BCUT2D eigenvalue weighted by atomic mass is 32.2. The van der Waals surface area contributed by atoms with Gasteiger partial charge in [-0.2, -0.15) is 0 Å². The third-order valence-electron chi connectivity index (χ3n) is 3.56. The van der Waals surface area contributed by atoms with Crippen LogP contribution in [0.2, 0.25) is 0 Å². The molecule has 1 aromatic rings. The fourth-order valence-electron chi connectivity index (χ4n) is 2.39. The van der Waals surface area contributed by atoms with Crippen molar-refractivity contribution in [3.63, 3.8) is 0 Å². The molecule has 1 aliphatic heterocycles. The van der Waals surface area contributed by atoms with Gasteiger partial charge in [-0.25, -0.2) is 9.59 Å². The average Bonchev–Trinajstić information content (AvgIpc) is 3.11. The molecule has 1 saturated heterocycles. The van der Waals surface area contributed by atoms with Gasteiger partial charge in [0.25, 0.3) is 5.91 Å². The number of carbonyl (C=O) groups is 3. The molecule has 1 fully saturated rings. The molecule has 0 saturated carbocycles. The molecule has 3 amide bonds. The van der Waals surface area contributed by atoms with E-state index in [1.807, 2.05) is 12.1 Å². The minimum Gasteiger partial charge on any atom is -0.452 e. The summed E-state index contributed by atoms with van der Waals surface area (Å²) in [6.45, 7) is 3.81. The van der Waals surface area contributed by atoms with E-state index in [0.29, 0.717) is 5.56 Å². The molecule has 1 aliphatic rings. The van der Waals surface area contributed by atoms with E-state index in [0.717, 1.165) is 30.1 Å². The van der Waals surface area contributed by atoms with Crippen molar-refractivity contribution in [3.05, 3.63) is 29.8 Å². The summed E-state index contributed by atoms with van der Waals surface area (Å²) in [5.74, 6) is -0.513. The first-order valence-corrected chi connectivity index (χ1v) is 9.55. The van der Waals surface area contributed by atoms with Crippen LogP contribution < -0.4 is 10.6 Å². The molecular weight excluding hydrogens is 356 g/mol. The van der Waals surface area contributed by atoms with Crippen LogP contribution in [-0.2, 0) is 14.3 Å². The fourth-order valence-corrected chi connectivity index (χ4v) is 3.50. The van der Waals surface area contributed by atoms with E-state index in [-0.39, 0.29) is 12.1 Å². The average molecular weight is 380 g/mol. The van der Waals surface area contributed by atoms with E-state index < -0.39 is 24.5 Å². The second-order valence-electron chi connectivity index (χ2n) is 6.19. The second-order valence-corrected chi connectivity index (χ2v) is 7.26. The number of amides is 3. The molecule has 0 aromatic heterocycles. The first-order valence-electron chi connectivity index (χ1n) is 8.56. The number of nitrogens with one attached hydrogen (secondary N) is 2. The van der Waals surface area contributed by atoms with Gasteiger partial charge in [-0.05, 0) is 38.8 Å². The van der Waals surface area contributed by atoms with Crippen molar-refractivity contribution in [1.29, 1.82) is 0 Å². The van der Waals surface area contributed by atoms with Crippen LogP contribution in [0.4, 0.5) is 4.79 Å². The van der Waals surface area contributed by atoms with Crippen LogP contribution in [0.1, 0.15) is 37.0 Å². The van der Waals surface area contributed by atoms with Crippen LogP contribution in [0.5, 0.6) is 0 Å². The van der Waals surface area contributed by atoms with Gasteiger partial charge in [-0.1, -0.05) is 12.1 Å². The zero-order valence-electron chi connectivity index (χ0n) is 14.9. The van der Waals surface area contributed by atoms with Crippen molar-refractivity contribution < 1.29 is 23.9 Å². The Bertz CT molecular complexity index is 644. The maximum atomic E-state index is 12.3. The number of benzene rings is 1. The SMILES string of the molecule is CC(C)NC(=O)NC(=O)COC(=O)c1ccccc1SC[C@@H]1CCCO1. The monoisotopic (exact) mass is 380 g/mol. The number of esters is 1. The van der Waals surface area contributed by atoms with Gasteiger partial charge in [-0.3, -0.25) is 10.1 Å². The Balaban J connectivity index is 1.84. The number of urea groups is 1. The van der Waals surface area contributed by atoms with Crippen molar-refractivity contribution in [2.75, 3.05) is 19.0 Å². The Morgan fingerprint density at radius 2 is 2.08 bits per heavy atom. The third-order valence-corrected chi connectivity index (χ3v) is 4.77. The standard InChI is InChI=1S/C18H24N2O5S/c1-12(2)19-18(23)20-16(21)10-25-17(22)14-7-3-4-8-15(14)26-11-13-6-5-9-24-13/h3-4,7-8,12-13H,5-6,9-11H2,1-2H3,(H2,19,20,21,23)/t13-/m0/s1. The molecule has 1 atom stereocenters. The van der Waals surface area contributed by atoms with Gasteiger partial charge in [0.05, 0.1) is 11.7 Å². The highest BCUT2D eigenvalue weighted by molar-refractivity contribution is 7.99. The Kier molecular flexibility index (Phi) is 7.93. The summed E-state index contributed by atoms with van der Waals surface area (Å²) in [6.07, 6.45) is 2.29. The predicted molar refractivity (Wildman–Crippen MR) is 98.2 cm³/mol. The van der Waals surface area contributed by atoms with Crippen molar-refractivity contribution in [3.8, 4) is 0 Å². The van der Waals surface area contributed by atoms with E-state index in [9.17, 15) is 14.4 Å². The van der Waals surface area contributed by atoms with Gasteiger partial charge in [0.2, 0.25) is 0 Å². The van der Waals surface area contributed by atoms with Crippen LogP contribution >= 0.6 is 11.8 Å². The lowest BCUT2D eigenvalue weighted by Gasteiger charge is -2.12. The molecule has 0 bridgehead atoms. The van der Waals surface area contributed by atoms with Crippen LogP contribution in [0.3, 0.4) is 0 Å². The first kappa shape index (κ1) is 20.3. The van der Waals surface area contributed by atoms with E-state index in [1.54, 1.807) is 26.0 Å². The fraction of sp³-hybridized carbons (Fsp3) is 0.500. The Morgan fingerprint density at radius 3 is 2.77 bits per heavy atom. The Hall–Kier alpha value is -2.06. The van der Waals surface area contributed by atoms with E-state index in [1.165, 1.54) is 11.8 Å². The maximum absolute atomic E-state index is 12.3.